The van der Waals surface area contributed by atoms with Gasteiger partial charge in [-0.15, -0.1) is 11.8 Å². The highest BCUT2D eigenvalue weighted by molar-refractivity contribution is 8.01. The van der Waals surface area contributed by atoms with E-state index in [0.717, 1.165) is 16.3 Å². The molecule has 3 N–H and O–H groups in total. The average molecular weight is 399 g/mol. The Balaban J connectivity index is 1.37. The van der Waals surface area contributed by atoms with Crippen molar-refractivity contribution in [3.05, 3.63) is 48.0 Å². The van der Waals surface area contributed by atoms with Crippen LogP contribution in [-0.4, -0.2) is 50.1 Å². The Morgan fingerprint density at radius 3 is 2.61 bits per heavy atom. The number of carboxylic acids is 1. The molecule has 3 atom stereocenters. The summed E-state index contributed by atoms with van der Waals surface area (Å²) in [6, 6.07) is 11.9. The van der Waals surface area contributed by atoms with Gasteiger partial charge < -0.3 is 20.6 Å². The average Bonchev–Trinajstić information content (AvgIpc) is 2.92. The number of carboxylic acid groups (broad SMARTS) is 1. The molecule has 3 amide bonds. The van der Waals surface area contributed by atoms with Crippen LogP contribution in [0.1, 0.15) is 19.4 Å². The number of β-lactam (4-membered cyclic amide) rings is 1. The molecule has 0 aliphatic carbocycles. The largest absolute Gasteiger partial charge is 0.480 e. The summed E-state index contributed by atoms with van der Waals surface area (Å²) in [5.41, 5.74) is 0.956. The highest BCUT2D eigenvalue weighted by Crippen LogP contribution is 2.50. The predicted octanol–water partition coefficient (Wildman–Crippen LogP) is 2.15. The highest BCUT2D eigenvalue weighted by Gasteiger charge is 2.64. The van der Waals surface area contributed by atoms with Crippen LogP contribution >= 0.6 is 11.8 Å². The summed E-state index contributed by atoms with van der Waals surface area (Å²) in [6.07, 6.45) is 0. The number of aliphatic carboxylic acids is 1. The number of hydrogen-bond donors (Lipinski definition) is 3. The summed E-state index contributed by atoms with van der Waals surface area (Å²) in [5.74, 6) is -1.37. The topological polar surface area (TPSA) is 98.7 Å². The van der Waals surface area contributed by atoms with Crippen LogP contribution in [0.3, 0.4) is 0 Å². The van der Waals surface area contributed by atoms with Crippen molar-refractivity contribution in [2.45, 2.75) is 42.6 Å². The van der Waals surface area contributed by atoms with Crippen LogP contribution in [-0.2, 0) is 16.1 Å². The summed E-state index contributed by atoms with van der Waals surface area (Å²) in [5, 5.41) is 16.8. The second kappa shape index (κ2) is 6.70. The standard InChI is InChI=1S/C20H21N3O4S/c1-20(2)15(18(25)26)23-16(24)14(17(23)28-20)22-19(27)21-10-11-7-8-12-5-3-4-6-13(12)9-11/h3-9,14-15,17H,10H2,1-2H3,(H,25,26)(H2,21,22,27)/t14?,15-,17?/m0/s1. The van der Waals surface area contributed by atoms with Crippen LogP contribution in [0.15, 0.2) is 42.5 Å². The number of carbonyl (C=O) groups is 3. The number of hydrogen-bond acceptors (Lipinski definition) is 4. The van der Waals surface area contributed by atoms with Gasteiger partial charge in [0, 0.05) is 11.3 Å². The number of nitrogens with zero attached hydrogens (tertiary/aromatic N) is 1. The van der Waals surface area contributed by atoms with Crippen LogP contribution in [0, 0.1) is 0 Å². The summed E-state index contributed by atoms with van der Waals surface area (Å²) in [4.78, 5) is 37.6. The maximum absolute atomic E-state index is 12.4. The monoisotopic (exact) mass is 399 g/mol. The van der Waals surface area contributed by atoms with E-state index in [1.807, 2.05) is 42.5 Å². The summed E-state index contributed by atoms with van der Waals surface area (Å²) in [6.45, 7) is 3.94. The smallest absolute Gasteiger partial charge is 0.327 e. The van der Waals surface area contributed by atoms with Gasteiger partial charge >= 0.3 is 12.0 Å². The molecule has 0 aromatic heterocycles. The summed E-state index contributed by atoms with van der Waals surface area (Å²) < 4.78 is -0.607. The SMILES string of the molecule is CC1(C)SC2C(NC(=O)NCc3ccc4ccccc4c3)C(=O)N2[C@H]1C(=O)O. The minimum Gasteiger partial charge on any atom is -0.480 e. The Hall–Kier alpha value is -2.74. The number of fused-ring (bicyclic) bond motifs is 2. The Labute approximate surface area is 166 Å². The zero-order chi connectivity index (χ0) is 20.1. The van der Waals surface area contributed by atoms with Gasteiger partial charge in [0.15, 0.2) is 0 Å². The number of nitrogens with one attached hydrogen (secondary N) is 2. The molecular weight excluding hydrogens is 378 g/mol. The molecule has 0 bridgehead atoms. The lowest BCUT2D eigenvalue weighted by Crippen LogP contribution is -2.71. The molecule has 2 heterocycles. The first-order chi connectivity index (χ1) is 13.3. The van der Waals surface area contributed by atoms with E-state index in [4.69, 9.17) is 0 Å². The lowest BCUT2D eigenvalue weighted by molar-refractivity contribution is -0.159. The van der Waals surface area contributed by atoms with Gasteiger partial charge in [0.05, 0.1) is 0 Å². The van der Waals surface area contributed by atoms with E-state index in [1.165, 1.54) is 16.7 Å². The fraction of sp³-hybridized carbons (Fsp3) is 0.350. The van der Waals surface area contributed by atoms with Gasteiger partial charge in [-0.25, -0.2) is 9.59 Å². The molecule has 2 aliphatic rings. The van der Waals surface area contributed by atoms with E-state index < -0.39 is 28.8 Å². The van der Waals surface area contributed by atoms with Crippen molar-refractivity contribution >= 4 is 40.4 Å². The molecule has 2 aliphatic heterocycles. The predicted molar refractivity (Wildman–Crippen MR) is 107 cm³/mol. The lowest BCUT2D eigenvalue weighted by Gasteiger charge is -2.43. The molecule has 4 rings (SSSR count). The minimum atomic E-state index is -1.02. The molecule has 146 valence electrons. The van der Waals surface area contributed by atoms with Crippen LogP contribution in [0.25, 0.3) is 10.8 Å². The van der Waals surface area contributed by atoms with Crippen molar-refractivity contribution in [1.82, 2.24) is 15.5 Å². The lowest BCUT2D eigenvalue weighted by atomic mass is 9.96. The van der Waals surface area contributed by atoms with E-state index in [9.17, 15) is 19.5 Å². The third kappa shape index (κ3) is 3.07. The molecule has 0 radical (unpaired) electrons. The number of amides is 3. The highest BCUT2D eigenvalue weighted by atomic mass is 32.2. The van der Waals surface area contributed by atoms with Crippen molar-refractivity contribution in [2.24, 2.45) is 0 Å². The van der Waals surface area contributed by atoms with E-state index in [1.54, 1.807) is 13.8 Å². The van der Waals surface area contributed by atoms with E-state index in [-0.39, 0.29) is 11.3 Å². The second-order valence-electron chi connectivity index (χ2n) is 7.58. The minimum absolute atomic E-state index is 0.336. The van der Waals surface area contributed by atoms with Gasteiger partial charge in [0.1, 0.15) is 17.5 Å². The Morgan fingerprint density at radius 2 is 1.89 bits per heavy atom. The van der Waals surface area contributed by atoms with Crippen molar-refractivity contribution < 1.29 is 19.5 Å². The number of urea groups is 1. The van der Waals surface area contributed by atoms with Crippen molar-refractivity contribution in [3.8, 4) is 0 Å². The van der Waals surface area contributed by atoms with Gasteiger partial charge in [-0.1, -0.05) is 36.4 Å². The Morgan fingerprint density at radius 1 is 1.18 bits per heavy atom. The van der Waals surface area contributed by atoms with Crippen LogP contribution < -0.4 is 10.6 Å². The Kier molecular flexibility index (Phi) is 4.45. The molecule has 0 saturated carbocycles. The number of benzene rings is 2. The third-order valence-electron chi connectivity index (χ3n) is 5.23. The first-order valence-corrected chi connectivity index (χ1v) is 9.91. The van der Waals surface area contributed by atoms with Gasteiger partial charge in [-0.2, -0.15) is 0 Å². The maximum atomic E-state index is 12.4. The quantitative estimate of drug-likeness (QED) is 0.685. The van der Waals surface area contributed by atoms with Crippen molar-refractivity contribution in [1.29, 1.82) is 0 Å². The fourth-order valence-corrected chi connectivity index (χ4v) is 5.49. The summed E-state index contributed by atoms with van der Waals surface area (Å²) >= 11 is 1.41. The summed E-state index contributed by atoms with van der Waals surface area (Å²) in [7, 11) is 0. The second-order valence-corrected chi connectivity index (χ2v) is 9.36. The van der Waals surface area contributed by atoms with Crippen LogP contribution in [0.4, 0.5) is 4.79 Å². The third-order valence-corrected chi connectivity index (χ3v) is 6.80. The molecule has 28 heavy (non-hydrogen) atoms. The maximum Gasteiger partial charge on any atom is 0.327 e. The van der Waals surface area contributed by atoms with E-state index in [0.29, 0.717) is 6.54 Å². The molecule has 8 heteroatoms. The zero-order valence-electron chi connectivity index (χ0n) is 15.5. The van der Waals surface area contributed by atoms with Gasteiger partial charge in [0.2, 0.25) is 5.91 Å². The molecule has 7 nitrogen and oxygen atoms in total. The zero-order valence-corrected chi connectivity index (χ0v) is 16.3. The molecule has 2 unspecified atom stereocenters. The number of carbonyl (C=O) groups excluding carboxylic acids is 2. The van der Waals surface area contributed by atoms with Crippen LogP contribution in [0.2, 0.25) is 0 Å². The molecule has 0 spiro atoms. The Bertz CT molecular complexity index is 977. The van der Waals surface area contributed by atoms with E-state index >= 15 is 0 Å². The molecular formula is C20H21N3O4S. The number of rotatable bonds is 4. The van der Waals surface area contributed by atoms with Crippen molar-refractivity contribution in [2.75, 3.05) is 0 Å². The fourth-order valence-electron chi connectivity index (χ4n) is 3.87. The van der Waals surface area contributed by atoms with E-state index in [2.05, 4.69) is 10.6 Å². The first-order valence-electron chi connectivity index (χ1n) is 9.03. The molecule has 2 aromatic carbocycles. The molecule has 2 saturated heterocycles. The molecule has 2 fully saturated rings. The first kappa shape index (κ1) is 18.6. The van der Waals surface area contributed by atoms with Gasteiger partial charge in [-0.05, 0) is 36.2 Å². The van der Waals surface area contributed by atoms with Gasteiger partial charge in [-0.3, -0.25) is 4.79 Å². The number of thioether (sulfide) groups is 1. The van der Waals surface area contributed by atoms with Crippen molar-refractivity contribution in [3.63, 3.8) is 0 Å². The molecule has 2 aromatic rings. The van der Waals surface area contributed by atoms with Crippen LogP contribution in [0.5, 0.6) is 0 Å². The van der Waals surface area contributed by atoms with Gasteiger partial charge in [0.25, 0.3) is 0 Å². The normalized spacial score (nSPS) is 25.1.